The minimum Gasteiger partial charge on any atom is -0.382 e. The molecule has 1 fully saturated rings. The van der Waals surface area contributed by atoms with Crippen LogP contribution in [-0.2, 0) is 23.2 Å². The number of ether oxygens (including phenoxy) is 2. The first-order valence-electron chi connectivity index (χ1n) is 6.39. The lowest BCUT2D eigenvalue weighted by Crippen LogP contribution is -2.34. The number of nitrogens with zero attached hydrogens (tertiary/aromatic N) is 1. The van der Waals surface area contributed by atoms with Gasteiger partial charge in [0, 0.05) is 19.2 Å². The van der Waals surface area contributed by atoms with Crippen LogP contribution < -0.4 is 0 Å². The van der Waals surface area contributed by atoms with Gasteiger partial charge in [0.25, 0.3) is 0 Å². The fourth-order valence-electron chi connectivity index (χ4n) is 1.58. The highest BCUT2D eigenvalue weighted by Gasteiger charge is 2.39. The van der Waals surface area contributed by atoms with Crippen LogP contribution in [0.3, 0.4) is 0 Å². The van der Waals surface area contributed by atoms with E-state index < -0.39 is 5.25 Å². The second-order valence-electron chi connectivity index (χ2n) is 4.10. The highest BCUT2D eigenvalue weighted by Crippen LogP contribution is 2.25. The Kier molecular flexibility index (Phi) is 14.1. The minimum atomic E-state index is -0.405. The summed E-state index contributed by atoms with van der Waals surface area (Å²) >= 11 is 1.10. The molecule has 0 N–H and O–H groups in total. The number of carbonyl (C=O) groups excluding carboxylic acids is 2. The molecule has 21 heavy (non-hydrogen) atoms. The van der Waals surface area contributed by atoms with E-state index in [1.54, 1.807) is 7.11 Å². The zero-order valence-corrected chi connectivity index (χ0v) is 12.2. The van der Waals surface area contributed by atoms with E-state index in [1.165, 1.54) is 4.90 Å². The Morgan fingerprint density at radius 1 is 1.19 bits per heavy atom. The van der Waals surface area contributed by atoms with Crippen LogP contribution in [-0.4, -0.2) is 62.0 Å². The molecule has 6 nitrogen and oxygen atoms in total. The molecule has 1 rings (SSSR count). The van der Waals surface area contributed by atoms with Gasteiger partial charge in [-0.1, -0.05) is 21.8 Å². The van der Waals surface area contributed by atoms with Crippen LogP contribution in [0.4, 0.5) is 0 Å². The molecule has 0 bridgehead atoms. The van der Waals surface area contributed by atoms with Gasteiger partial charge in [-0.3, -0.25) is 14.5 Å². The second kappa shape index (κ2) is 13.1. The Balaban J connectivity index is 0. The third-order valence-electron chi connectivity index (χ3n) is 2.57. The molecule has 0 aromatic heterocycles. The molecule has 1 saturated heterocycles. The number of rotatable bonds is 10. The molecule has 0 saturated carbocycles. The lowest BCUT2D eigenvalue weighted by Gasteiger charge is -2.14. The molecule has 7 heteroatoms. The fourth-order valence-corrected chi connectivity index (χ4v) is 2.42. The molecule has 0 radical (unpaired) electrons. The molecule has 1 aliphatic rings. The predicted octanol–water partition coefficient (Wildman–Crippen LogP) is 2.12. The van der Waals surface area contributed by atoms with Gasteiger partial charge in [-0.2, -0.15) is 0 Å². The molecule has 0 aliphatic carbocycles. The highest BCUT2D eigenvalue weighted by atomic mass is 32.2. The number of hydrogen-bond donors (Lipinski definition) is 0. The predicted molar refractivity (Wildman–Crippen MR) is 85.1 cm³/mol. The summed E-state index contributed by atoms with van der Waals surface area (Å²) < 4.78 is 15.4. The van der Waals surface area contributed by atoms with Crippen molar-refractivity contribution >= 4 is 23.9 Å². The van der Waals surface area contributed by atoms with Gasteiger partial charge in [-0.15, -0.1) is 0 Å². The first kappa shape index (κ1) is 22.6. The third kappa shape index (κ3) is 7.80. The maximum Gasteiger partial charge on any atom is 0.245 e. The van der Waals surface area contributed by atoms with Gasteiger partial charge in [0.2, 0.25) is 11.8 Å². The van der Waals surface area contributed by atoms with Crippen molar-refractivity contribution in [3.8, 4) is 0 Å². The standard InChI is InChI=1S/C12H21NO5S.2CH4/c1-3-5-18-19-10-9-11(14)13(12(10)15)4-6-17-8-7-16-2;;/h10H,3-9H2,1-2H3;2*1H4. The van der Waals surface area contributed by atoms with Crippen molar-refractivity contribution in [2.24, 2.45) is 0 Å². The summed E-state index contributed by atoms with van der Waals surface area (Å²) in [6.07, 6.45) is 1.10. The van der Waals surface area contributed by atoms with Crippen molar-refractivity contribution in [1.29, 1.82) is 0 Å². The van der Waals surface area contributed by atoms with Gasteiger partial charge in [-0.05, 0) is 6.42 Å². The van der Waals surface area contributed by atoms with Crippen molar-refractivity contribution in [3.05, 3.63) is 0 Å². The molecule has 1 atom stereocenters. The average molecular weight is 323 g/mol. The smallest absolute Gasteiger partial charge is 0.245 e. The summed E-state index contributed by atoms with van der Waals surface area (Å²) in [6.45, 7) is 4.19. The van der Waals surface area contributed by atoms with E-state index >= 15 is 0 Å². The lowest BCUT2D eigenvalue weighted by atomic mass is 10.4. The average Bonchev–Trinajstić information content (AvgIpc) is 2.66. The summed E-state index contributed by atoms with van der Waals surface area (Å²) in [6, 6.07) is 0. The van der Waals surface area contributed by atoms with Gasteiger partial charge < -0.3 is 13.7 Å². The van der Waals surface area contributed by atoms with Crippen LogP contribution in [0.1, 0.15) is 34.6 Å². The molecule has 0 aromatic carbocycles. The van der Waals surface area contributed by atoms with E-state index in [2.05, 4.69) is 0 Å². The zero-order chi connectivity index (χ0) is 14.1. The van der Waals surface area contributed by atoms with Gasteiger partial charge >= 0.3 is 0 Å². The zero-order valence-electron chi connectivity index (χ0n) is 11.4. The van der Waals surface area contributed by atoms with Crippen molar-refractivity contribution in [2.75, 3.05) is 40.1 Å². The summed E-state index contributed by atoms with van der Waals surface area (Å²) in [5, 5.41) is -0.405. The molecular weight excluding hydrogens is 294 g/mol. The topological polar surface area (TPSA) is 65.1 Å². The molecule has 1 heterocycles. The fraction of sp³-hybridized carbons (Fsp3) is 0.857. The minimum absolute atomic E-state index is 0. The molecule has 0 aromatic rings. The second-order valence-corrected chi connectivity index (χ2v) is 5.10. The summed E-state index contributed by atoms with van der Waals surface area (Å²) in [5.74, 6) is -0.334. The van der Waals surface area contributed by atoms with E-state index in [0.717, 1.165) is 18.5 Å². The van der Waals surface area contributed by atoms with E-state index in [1.807, 2.05) is 6.92 Å². The van der Waals surface area contributed by atoms with E-state index in [0.29, 0.717) is 33.0 Å². The number of hydrogen-bond acceptors (Lipinski definition) is 6. The van der Waals surface area contributed by atoms with Crippen molar-refractivity contribution < 1.29 is 23.2 Å². The third-order valence-corrected chi connectivity index (χ3v) is 3.47. The Bertz CT molecular complexity index is 301. The van der Waals surface area contributed by atoms with Crippen LogP contribution in [0.2, 0.25) is 0 Å². The van der Waals surface area contributed by atoms with Crippen molar-refractivity contribution in [1.82, 2.24) is 4.90 Å². The van der Waals surface area contributed by atoms with Crippen LogP contribution in [0, 0.1) is 0 Å². The van der Waals surface area contributed by atoms with Crippen LogP contribution in [0.5, 0.6) is 0 Å². The largest absolute Gasteiger partial charge is 0.382 e. The lowest BCUT2D eigenvalue weighted by molar-refractivity contribution is -0.139. The molecule has 126 valence electrons. The van der Waals surface area contributed by atoms with Gasteiger partial charge in [0.1, 0.15) is 5.25 Å². The summed E-state index contributed by atoms with van der Waals surface area (Å²) in [5.41, 5.74) is 0. The number of methoxy groups -OCH3 is 1. The Hall–Kier alpha value is -0.630. The summed E-state index contributed by atoms with van der Waals surface area (Å²) in [7, 11) is 1.59. The first-order chi connectivity index (χ1) is 9.20. The Labute approximate surface area is 132 Å². The quantitative estimate of drug-likeness (QED) is 0.348. The Morgan fingerprint density at radius 3 is 2.52 bits per heavy atom. The van der Waals surface area contributed by atoms with Crippen LogP contribution in [0.15, 0.2) is 0 Å². The molecule has 1 aliphatic heterocycles. The van der Waals surface area contributed by atoms with Crippen LogP contribution >= 0.6 is 12.0 Å². The van der Waals surface area contributed by atoms with Gasteiger partial charge in [0.05, 0.1) is 39.4 Å². The van der Waals surface area contributed by atoms with Crippen LogP contribution in [0.25, 0.3) is 0 Å². The number of imide groups is 1. The van der Waals surface area contributed by atoms with Gasteiger partial charge in [-0.25, -0.2) is 0 Å². The van der Waals surface area contributed by atoms with E-state index in [4.69, 9.17) is 13.7 Å². The number of carbonyl (C=O) groups is 2. The maximum absolute atomic E-state index is 12.0. The van der Waals surface area contributed by atoms with Gasteiger partial charge in [0.15, 0.2) is 0 Å². The highest BCUT2D eigenvalue weighted by molar-refractivity contribution is 7.96. The maximum atomic E-state index is 12.0. The van der Waals surface area contributed by atoms with E-state index in [-0.39, 0.29) is 33.1 Å². The number of amides is 2. The molecule has 0 spiro atoms. The first-order valence-corrected chi connectivity index (χ1v) is 7.20. The van der Waals surface area contributed by atoms with Crippen molar-refractivity contribution in [2.45, 2.75) is 39.9 Å². The summed E-state index contributed by atoms with van der Waals surface area (Å²) in [4.78, 5) is 24.9. The molecular formula is C14H29NO5S. The number of likely N-dealkylation sites (tertiary alicyclic amines) is 1. The SMILES string of the molecule is C.C.CCCOSC1CC(=O)N(CCOCCOC)C1=O. The monoisotopic (exact) mass is 323 g/mol. The van der Waals surface area contributed by atoms with Crippen molar-refractivity contribution in [3.63, 3.8) is 0 Å². The Morgan fingerprint density at radius 2 is 1.90 bits per heavy atom. The molecule has 1 unspecified atom stereocenters. The van der Waals surface area contributed by atoms with E-state index in [9.17, 15) is 9.59 Å². The molecule has 2 amide bonds. The normalized spacial score (nSPS) is 17.6.